The molecule has 0 aliphatic heterocycles. The lowest BCUT2D eigenvalue weighted by atomic mass is 10.1. The second-order valence-corrected chi connectivity index (χ2v) is 4.83. The summed E-state index contributed by atoms with van der Waals surface area (Å²) in [6, 6.07) is 5.61. The Morgan fingerprint density at radius 1 is 1.20 bits per heavy atom. The molecule has 0 unspecified atom stereocenters. The summed E-state index contributed by atoms with van der Waals surface area (Å²) in [5.74, 6) is 0.634. The van der Waals surface area contributed by atoms with Crippen LogP contribution >= 0.6 is 0 Å². The smallest absolute Gasteiger partial charge is 0.152 e. The van der Waals surface area contributed by atoms with Gasteiger partial charge in [0.15, 0.2) is 5.82 Å². The van der Waals surface area contributed by atoms with Crippen LogP contribution in [0.1, 0.15) is 16.7 Å². The Balaban J connectivity index is 1.85. The van der Waals surface area contributed by atoms with E-state index in [0.29, 0.717) is 17.7 Å². The van der Waals surface area contributed by atoms with Gasteiger partial charge in [0, 0.05) is 18.9 Å². The predicted octanol–water partition coefficient (Wildman–Crippen LogP) is 3.10. The first kappa shape index (κ1) is 12.6. The molecule has 4 nitrogen and oxygen atoms in total. The summed E-state index contributed by atoms with van der Waals surface area (Å²) in [6.07, 6.45) is 5.23. The Hall–Kier alpha value is -2.43. The van der Waals surface area contributed by atoms with Crippen LogP contribution in [0.3, 0.4) is 0 Å². The average Bonchev–Trinajstić information content (AvgIpc) is 2.91. The van der Waals surface area contributed by atoms with Gasteiger partial charge in [0.1, 0.15) is 11.3 Å². The second-order valence-electron chi connectivity index (χ2n) is 4.83. The summed E-state index contributed by atoms with van der Waals surface area (Å²) in [5.41, 5.74) is 3.28. The molecule has 0 radical (unpaired) electrons. The zero-order valence-corrected chi connectivity index (χ0v) is 11.4. The van der Waals surface area contributed by atoms with Crippen LogP contribution in [0.2, 0.25) is 0 Å². The van der Waals surface area contributed by atoms with E-state index in [1.807, 2.05) is 18.2 Å². The first-order valence-electron chi connectivity index (χ1n) is 6.43. The fourth-order valence-corrected chi connectivity index (χ4v) is 2.32. The maximum atomic E-state index is 13.6. The summed E-state index contributed by atoms with van der Waals surface area (Å²) in [5, 5.41) is 7.43. The minimum atomic E-state index is -0.134. The van der Waals surface area contributed by atoms with E-state index < -0.39 is 0 Å². The van der Waals surface area contributed by atoms with Gasteiger partial charge >= 0.3 is 0 Å². The van der Waals surface area contributed by atoms with Crippen LogP contribution in [0.5, 0.6) is 0 Å². The minimum Gasteiger partial charge on any atom is -0.364 e. The van der Waals surface area contributed by atoms with Gasteiger partial charge < -0.3 is 5.32 Å². The van der Waals surface area contributed by atoms with Gasteiger partial charge in [-0.3, -0.25) is 0 Å². The highest BCUT2D eigenvalue weighted by atomic mass is 19.1. The van der Waals surface area contributed by atoms with E-state index in [1.165, 1.54) is 0 Å². The van der Waals surface area contributed by atoms with Crippen molar-refractivity contribution in [1.82, 2.24) is 14.6 Å². The van der Waals surface area contributed by atoms with Gasteiger partial charge in [0.05, 0.1) is 6.20 Å². The third-order valence-electron chi connectivity index (χ3n) is 3.28. The van der Waals surface area contributed by atoms with Crippen LogP contribution in [0, 0.1) is 19.7 Å². The molecule has 0 bridgehead atoms. The quantitative estimate of drug-likeness (QED) is 0.795. The van der Waals surface area contributed by atoms with Crippen LogP contribution in [0.15, 0.2) is 36.8 Å². The third-order valence-corrected chi connectivity index (χ3v) is 3.28. The first-order chi connectivity index (χ1) is 9.65. The molecule has 20 heavy (non-hydrogen) atoms. The number of hydrogen-bond acceptors (Lipinski definition) is 3. The molecule has 0 spiro atoms. The van der Waals surface area contributed by atoms with Crippen molar-refractivity contribution in [3.05, 3.63) is 59.3 Å². The van der Waals surface area contributed by atoms with E-state index in [4.69, 9.17) is 0 Å². The number of halogens is 1. The monoisotopic (exact) mass is 270 g/mol. The standard InChI is InChI=1S/C15H15FN4/c1-10-7-12(8-11(2)14(10)16)9-18-15-13-3-4-19-20(13)6-5-17-15/h3-8H,9H2,1-2H3,(H,17,18). The largest absolute Gasteiger partial charge is 0.364 e. The van der Waals surface area contributed by atoms with Crippen LogP contribution in [-0.4, -0.2) is 14.6 Å². The lowest BCUT2D eigenvalue weighted by Gasteiger charge is -2.09. The molecule has 0 amide bonds. The summed E-state index contributed by atoms with van der Waals surface area (Å²) in [7, 11) is 0. The first-order valence-corrected chi connectivity index (χ1v) is 6.43. The minimum absolute atomic E-state index is 0.134. The molecule has 0 saturated heterocycles. The van der Waals surface area contributed by atoms with Crippen molar-refractivity contribution >= 4 is 11.3 Å². The van der Waals surface area contributed by atoms with Crippen molar-refractivity contribution in [1.29, 1.82) is 0 Å². The molecule has 0 fully saturated rings. The van der Waals surface area contributed by atoms with Crippen LogP contribution in [0.4, 0.5) is 10.2 Å². The fraction of sp³-hybridized carbons (Fsp3) is 0.200. The topological polar surface area (TPSA) is 42.2 Å². The Bertz CT molecular complexity index is 740. The van der Waals surface area contributed by atoms with Crippen LogP contribution in [-0.2, 0) is 6.54 Å². The van der Waals surface area contributed by atoms with E-state index in [2.05, 4.69) is 15.4 Å². The number of nitrogens with one attached hydrogen (secondary N) is 1. The van der Waals surface area contributed by atoms with E-state index in [9.17, 15) is 4.39 Å². The molecule has 1 N–H and O–H groups in total. The van der Waals surface area contributed by atoms with Gasteiger partial charge in [-0.2, -0.15) is 5.10 Å². The molecule has 3 aromatic rings. The number of aryl methyl sites for hydroxylation is 2. The summed E-state index contributed by atoms with van der Waals surface area (Å²) >= 11 is 0. The Labute approximate surface area is 116 Å². The number of rotatable bonds is 3. The lowest BCUT2D eigenvalue weighted by molar-refractivity contribution is 0.608. The zero-order valence-electron chi connectivity index (χ0n) is 11.4. The van der Waals surface area contributed by atoms with Crippen LogP contribution < -0.4 is 5.32 Å². The maximum Gasteiger partial charge on any atom is 0.152 e. The highest BCUT2D eigenvalue weighted by Crippen LogP contribution is 2.17. The van der Waals surface area contributed by atoms with Crippen molar-refractivity contribution in [2.24, 2.45) is 0 Å². The Morgan fingerprint density at radius 3 is 2.70 bits per heavy atom. The Morgan fingerprint density at radius 2 is 1.95 bits per heavy atom. The zero-order chi connectivity index (χ0) is 14.1. The third kappa shape index (κ3) is 2.22. The molecule has 3 rings (SSSR count). The number of anilines is 1. The van der Waals surface area contributed by atoms with Gasteiger partial charge in [0.2, 0.25) is 0 Å². The highest BCUT2D eigenvalue weighted by Gasteiger charge is 2.06. The molecule has 2 heterocycles. The number of hydrogen-bond donors (Lipinski definition) is 1. The molecular weight excluding hydrogens is 255 g/mol. The number of benzene rings is 1. The van der Waals surface area contributed by atoms with Gasteiger partial charge in [-0.15, -0.1) is 0 Å². The highest BCUT2D eigenvalue weighted by molar-refractivity contribution is 5.66. The second kappa shape index (κ2) is 4.92. The van der Waals surface area contributed by atoms with Gasteiger partial charge in [-0.1, -0.05) is 12.1 Å². The average molecular weight is 270 g/mol. The van der Waals surface area contributed by atoms with E-state index in [-0.39, 0.29) is 5.82 Å². The predicted molar refractivity (Wildman–Crippen MR) is 76.2 cm³/mol. The van der Waals surface area contributed by atoms with E-state index in [1.54, 1.807) is 37.0 Å². The number of aromatic nitrogens is 3. The molecule has 1 aromatic carbocycles. The van der Waals surface area contributed by atoms with Gasteiger partial charge in [-0.05, 0) is 36.6 Å². The van der Waals surface area contributed by atoms with Crippen molar-refractivity contribution in [2.75, 3.05) is 5.32 Å². The number of nitrogens with zero attached hydrogens (tertiary/aromatic N) is 3. The van der Waals surface area contributed by atoms with E-state index in [0.717, 1.165) is 16.9 Å². The molecule has 5 heteroatoms. The van der Waals surface area contributed by atoms with Crippen molar-refractivity contribution < 1.29 is 4.39 Å². The number of fused-ring (bicyclic) bond motifs is 1. The molecular formula is C15H15FN4. The lowest BCUT2D eigenvalue weighted by Crippen LogP contribution is -2.04. The van der Waals surface area contributed by atoms with Crippen molar-refractivity contribution in [3.8, 4) is 0 Å². The summed E-state index contributed by atoms with van der Waals surface area (Å²) in [4.78, 5) is 4.31. The molecule has 2 aromatic heterocycles. The summed E-state index contributed by atoms with van der Waals surface area (Å²) in [6.45, 7) is 4.16. The molecule has 0 saturated carbocycles. The molecule has 0 aliphatic carbocycles. The van der Waals surface area contributed by atoms with Gasteiger partial charge in [-0.25, -0.2) is 13.9 Å². The molecule has 0 aliphatic rings. The fourth-order valence-electron chi connectivity index (χ4n) is 2.32. The molecule has 102 valence electrons. The van der Waals surface area contributed by atoms with Gasteiger partial charge in [0.25, 0.3) is 0 Å². The van der Waals surface area contributed by atoms with E-state index >= 15 is 0 Å². The molecule has 0 atom stereocenters. The van der Waals surface area contributed by atoms with Crippen molar-refractivity contribution in [3.63, 3.8) is 0 Å². The SMILES string of the molecule is Cc1cc(CNc2nccn3nccc23)cc(C)c1F. The van der Waals surface area contributed by atoms with Crippen LogP contribution in [0.25, 0.3) is 5.52 Å². The summed E-state index contributed by atoms with van der Waals surface area (Å²) < 4.78 is 15.4. The Kier molecular flexibility index (Phi) is 3.10. The normalized spacial score (nSPS) is 10.9. The maximum absolute atomic E-state index is 13.6. The van der Waals surface area contributed by atoms with Crippen molar-refractivity contribution in [2.45, 2.75) is 20.4 Å².